The number of pyridine rings is 1. The third kappa shape index (κ3) is 3.03. The van der Waals surface area contributed by atoms with Gasteiger partial charge in [0, 0.05) is 25.4 Å². The molecule has 0 unspecified atom stereocenters. The molecule has 1 aromatic heterocycles. The Morgan fingerprint density at radius 2 is 2.08 bits per heavy atom. The molecule has 0 aliphatic carbocycles. The summed E-state index contributed by atoms with van der Waals surface area (Å²) in [5.74, 6) is 0. The Bertz CT molecular complexity index is 328. The Kier molecular flexibility index (Phi) is 3.25. The Hall–Kier alpha value is -1.09. The van der Waals surface area contributed by atoms with E-state index in [1.807, 2.05) is 33.3 Å². The van der Waals surface area contributed by atoms with E-state index in [0.717, 1.165) is 18.7 Å². The van der Waals surface area contributed by atoms with Gasteiger partial charge in [-0.2, -0.15) is 0 Å². The van der Waals surface area contributed by atoms with Gasteiger partial charge in [0.1, 0.15) is 0 Å². The minimum Gasteiger partial charge on any atom is -0.314 e. The van der Waals surface area contributed by atoms with Gasteiger partial charge in [-0.3, -0.25) is 4.79 Å². The van der Waals surface area contributed by atoms with Crippen molar-refractivity contribution in [3.05, 3.63) is 34.2 Å². The zero-order valence-corrected chi connectivity index (χ0v) is 8.45. The number of aromatic nitrogens is 1. The summed E-state index contributed by atoms with van der Waals surface area (Å²) in [4.78, 5) is 13.4. The summed E-state index contributed by atoms with van der Waals surface area (Å²) in [5.41, 5.74) is 1.20. The second kappa shape index (κ2) is 4.23. The van der Waals surface area contributed by atoms with Crippen molar-refractivity contribution in [1.29, 1.82) is 0 Å². The molecule has 0 amide bonds. The summed E-state index contributed by atoms with van der Waals surface area (Å²) in [6.45, 7) is 3.64. The standard InChI is InChI=1S/C10H16N2O/c1-9-4-5-10(13)12(8-9)7-6-11(2)3/h4-5,8H,6-7H2,1-3H3. The van der Waals surface area contributed by atoms with E-state index >= 15 is 0 Å². The van der Waals surface area contributed by atoms with Crippen LogP contribution in [-0.2, 0) is 6.54 Å². The largest absolute Gasteiger partial charge is 0.314 e. The monoisotopic (exact) mass is 180 g/mol. The van der Waals surface area contributed by atoms with Crippen molar-refractivity contribution >= 4 is 0 Å². The molecule has 0 atom stereocenters. The number of hydrogen-bond acceptors (Lipinski definition) is 2. The van der Waals surface area contributed by atoms with Gasteiger partial charge in [-0.1, -0.05) is 6.07 Å². The van der Waals surface area contributed by atoms with Crippen LogP contribution in [-0.4, -0.2) is 30.1 Å². The van der Waals surface area contributed by atoms with Gasteiger partial charge in [-0.25, -0.2) is 0 Å². The molecule has 0 aliphatic rings. The molecule has 3 heteroatoms. The first kappa shape index (κ1) is 9.99. The van der Waals surface area contributed by atoms with Crippen LogP contribution in [0.5, 0.6) is 0 Å². The summed E-state index contributed by atoms with van der Waals surface area (Å²) < 4.78 is 1.75. The van der Waals surface area contributed by atoms with Crippen LogP contribution in [0.1, 0.15) is 5.56 Å². The van der Waals surface area contributed by atoms with E-state index in [0.29, 0.717) is 0 Å². The van der Waals surface area contributed by atoms with Gasteiger partial charge in [-0.15, -0.1) is 0 Å². The van der Waals surface area contributed by atoms with Crippen molar-refractivity contribution in [1.82, 2.24) is 9.47 Å². The molecule has 0 N–H and O–H groups in total. The normalized spacial score (nSPS) is 10.8. The van der Waals surface area contributed by atoms with Gasteiger partial charge >= 0.3 is 0 Å². The molecule has 0 radical (unpaired) electrons. The Labute approximate surface area is 78.6 Å². The number of nitrogens with zero attached hydrogens (tertiary/aromatic N) is 2. The number of hydrogen-bond donors (Lipinski definition) is 0. The molecule has 0 spiro atoms. The summed E-state index contributed by atoms with van der Waals surface area (Å²) >= 11 is 0. The summed E-state index contributed by atoms with van der Waals surface area (Å²) in [6.07, 6.45) is 1.89. The molecule has 0 bridgehead atoms. The fraction of sp³-hybridized carbons (Fsp3) is 0.500. The zero-order chi connectivity index (χ0) is 9.84. The second-order valence-electron chi connectivity index (χ2n) is 3.54. The van der Waals surface area contributed by atoms with Crippen molar-refractivity contribution < 1.29 is 0 Å². The first-order valence-electron chi connectivity index (χ1n) is 4.41. The van der Waals surface area contributed by atoms with Gasteiger partial charge in [0.2, 0.25) is 0 Å². The van der Waals surface area contributed by atoms with E-state index in [4.69, 9.17) is 0 Å². The van der Waals surface area contributed by atoms with Crippen LogP contribution in [0.2, 0.25) is 0 Å². The third-order valence-electron chi connectivity index (χ3n) is 1.92. The van der Waals surface area contributed by atoms with E-state index in [1.54, 1.807) is 10.6 Å². The highest BCUT2D eigenvalue weighted by Crippen LogP contribution is 1.92. The lowest BCUT2D eigenvalue weighted by Crippen LogP contribution is -2.25. The van der Waals surface area contributed by atoms with Gasteiger partial charge in [0.25, 0.3) is 5.56 Å². The van der Waals surface area contributed by atoms with Crippen molar-refractivity contribution in [2.75, 3.05) is 20.6 Å². The Morgan fingerprint density at radius 1 is 1.38 bits per heavy atom. The molecule has 0 fully saturated rings. The molecule has 72 valence electrons. The van der Waals surface area contributed by atoms with E-state index in [-0.39, 0.29) is 5.56 Å². The predicted molar refractivity (Wildman–Crippen MR) is 54.0 cm³/mol. The van der Waals surface area contributed by atoms with E-state index < -0.39 is 0 Å². The highest BCUT2D eigenvalue weighted by Gasteiger charge is 1.96. The fourth-order valence-corrected chi connectivity index (χ4v) is 1.13. The second-order valence-corrected chi connectivity index (χ2v) is 3.54. The van der Waals surface area contributed by atoms with Crippen molar-refractivity contribution in [3.8, 4) is 0 Å². The topological polar surface area (TPSA) is 25.2 Å². The molecule has 1 heterocycles. The van der Waals surface area contributed by atoms with Gasteiger partial charge in [0.15, 0.2) is 0 Å². The number of likely N-dealkylation sites (N-methyl/N-ethyl adjacent to an activating group) is 1. The van der Waals surface area contributed by atoms with Crippen molar-refractivity contribution in [3.63, 3.8) is 0 Å². The first-order chi connectivity index (χ1) is 6.09. The van der Waals surface area contributed by atoms with Crippen molar-refractivity contribution in [2.24, 2.45) is 0 Å². The quantitative estimate of drug-likeness (QED) is 0.684. The van der Waals surface area contributed by atoms with Gasteiger partial charge in [0.05, 0.1) is 0 Å². The lowest BCUT2D eigenvalue weighted by Gasteiger charge is -2.11. The van der Waals surface area contributed by atoms with Gasteiger partial charge < -0.3 is 9.47 Å². The molecule has 0 saturated carbocycles. The maximum Gasteiger partial charge on any atom is 0.250 e. The number of rotatable bonds is 3. The lowest BCUT2D eigenvalue weighted by atomic mass is 10.3. The van der Waals surface area contributed by atoms with Crippen molar-refractivity contribution in [2.45, 2.75) is 13.5 Å². The van der Waals surface area contributed by atoms with Crippen LogP contribution < -0.4 is 5.56 Å². The van der Waals surface area contributed by atoms with Crippen LogP contribution in [0.4, 0.5) is 0 Å². The van der Waals surface area contributed by atoms with E-state index in [2.05, 4.69) is 4.90 Å². The zero-order valence-electron chi connectivity index (χ0n) is 8.45. The number of aryl methyl sites for hydroxylation is 1. The fourth-order valence-electron chi connectivity index (χ4n) is 1.13. The molecular weight excluding hydrogens is 164 g/mol. The summed E-state index contributed by atoms with van der Waals surface area (Å²) in [6, 6.07) is 3.46. The average Bonchev–Trinajstić information content (AvgIpc) is 2.06. The molecule has 0 aliphatic heterocycles. The molecular formula is C10H16N2O. The van der Waals surface area contributed by atoms with Crippen LogP contribution >= 0.6 is 0 Å². The Balaban J connectivity index is 2.76. The summed E-state index contributed by atoms with van der Waals surface area (Å²) in [7, 11) is 4.00. The van der Waals surface area contributed by atoms with E-state index in [1.165, 1.54) is 0 Å². The minimum absolute atomic E-state index is 0.0763. The molecule has 1 rings (SSSR count). The predicted octanol–water partition coefficient (Wildman–Crippen LogP) is 0.718. The smallest absolute Gasteiger partial charge is 0.250 e. The highest BCUT2D eigenvalue weighted by atomic mass is 16.1. The van der Waals surface area contributed by atoms with Crippen LogP contribution in [0.25, 0.3) is 0 Å². The molecule has 1 aromatic rings. The highest BCUT2D eigenvalue weighted by molar-refractivity contribution is 5.07. The lowest BCUT2D eigenvalue weighted by molar-refractivity contribution is 0.380. The summed E-state index contributed by atoms with van der Waals surface area (Å²) in [5, 5.41) is 0. The Morgan fingerprint density at radius 3 is 2.69 bits per heavy atom. The maximum absolute atomic E-state index is 11.3. The molecule has 0 aromatic carbocycles. The van der Waals surface area contributed by atoms with Crippen LogP contribution in [0, 0.1) is 6.92 Å². The average molecular weight is 180 g/mol. The van der Waals surface area contributed by atoms with Crippen LogP contribution in [0.3, 0.4) is 0 Å². The maximum atomic E-state index is 11.3. The minimum atomic E-state index is 0.0763. The SMILES string of the molecule is Cc1ccc(=O)n(CCN(C)C)c1. The molecule has 0 saturated heterocycles. The molecule has 3 nitrogen and oxygen atoms in total. The molecule has 13 heavy (non-hydrogen) atoms. The van der Waals surface area contributed by atoms with Gasteiger partial charge in [-0.05, 0) is 26.6 Å². The third-order valence-corrected chi connectivity index (χ3v) is 1.92. The van der Waals surface area contributed by atoms with Crippen LogP contribution in [0.15, 0.2) is 23.1 Å². The first-order valence-corrected chi connectivity index (χ1v) is 4.41. The van der Waals surface area contributed by atoms with E-state index in [9.17, 15) is 4.79 Å².